The second-order valence-electron chi connectivity index (χ2n) is 5.37. The van der Waals surface area contributed by atoms with E-state index in [9.17, 15) is 0 Å². The van der Waals surface area contributed by atoms with Crippen LogP contribution in [0.2, 0.25) is 0 Å². The van der Waals surface area contributed by atoms with Crippen molar-refractivity contribution in [2.24, 2.45) is 0 Å². The van der Waals surface area contributed by atoms with Gasteiger partial charge >= 0.3 is 0 Å². The largest absolute Gasteiger partial charge is 0.493 e. The van der Waals surface area contributed by atoms with Gasteiger partial charge in [0.25, 0.3) is 0 Å². The molecular formula is C16H27NO3. The molecule has 1 aromatic rings. The number of hydrogen-bond donors (Lipinski definition) is 1. The van der Waals surface area contributed by atoms with Gasteiger partial charge in [-0.05, 0) is 31.0 Å². The van der Waals surface area contributed by atoms with Crippen molar-refractivity contribution in [3.05, 3.63) is 17.7 Å². The maximum Gasteiger partial charge on any atom is 0.203 e. The summed E-state index contributed by atoms with van der Waals surface area (Å²) in [5, 5.41) is 3.37. The Bertz CT molecular complexity index is 430. The molecule has 0 heterocycles. The number of methoxy groups -OCH3 is 3. The third kappa shape index (κ3) is 3.57. The average molecular weight is 281 g/mol. The van der Waals surface area contributed by atoms with Gasteiger partial charge < -0.3 is 19.5 Å². The van der Waals surface area contributed by atoms with E-state index in [0.29, 0.717) is 11.5 Å². The van der Waals surface area contributed by atoms with Crippen LogP contribution in [0.15, 0.2) is 12.1 Å². The molecule has 0 saturated heterocycles. The van der Waals surface area contributed by atoms with E-state index in [0.717, 1.165) is 30.8 Å². The topological polar surface area (TPSA) is 39.7 Å². The molecule has 0 amide bonds. The van der Waals surface area contributed by atoms with Gasteiger partial charge in [0, 0.05) is 5.56 Å². The normalized spacial score (nSPS) is 11.3. The number of hydrogen-bond acceptors (Lipinski definition) is 4. The van der Waals surface area contributed by atoms with E-state index in [2.05, 4.69) is 32.2 Å². The van der Waals surface area contributed by atoms with E-state index in [4.69, 9.17) is 14.2 Å². The van der Waals surface area contributed by atoms with Gasteiger partial charge in [0.1, 0.15) is 0 Å². The highest BCUT2D eigenvalue weighted by atomic mass is 16.5. The quantitative estimate of drug-likeness (QED) is 0.744. The Kier molecular flexibility index (Phi) is 6.14. The molecule has 1 rings (SSSR count). The summed E-state index contributed by atoms with van der Waals surface area (Å²) in [6.07, 6.45) is 1.02. The molecule has 4 heteroatoms. The van der Waals surface area contributed by atoms with Crippen LogP contribution in [0, 0.1) is 0 Å². The maximum absolute atomic E-state index is 5.58. The molecule has 0 saturated carbocycles. The van der Waals surface area contributed by atoms with E-state index in [-0.39, 0.29) is 5.41 Å². The van der Waals surface area contributed by atoms with E-state index in [1.54, 1.807) is 21.3 Å². The summed E-state index contributed by atoms with van der Waals surface area (Å²) in [6.45, 7) is 8.51. The lowest BCUT2D eigenvalue weighted by atomic mass is 9.80. The number of ether oxygens (including phenoxy) is 3. The van der Waals surface area contributed by atoms with Crippen LogP contribution in [0.4, 0.5) is 0 Å². The lowest BCUT2D eigenvalue weighted by molar-refractivity contribution is 0.315. The van der Waals surface area contributed by atoms with Crippen LogP contribution in [0.25, 0.3) is 0 Å². The van der Waals surface area contributed by atoms with Crippen molar-refractivity contribution in [3.63, 3.8) is 0 Å². The Morgan fingerprint density at radius 1 is 1.00 bits per heavy atom. The number of rotatable bonds is 8. The van der Waals surface area contributed by atoms with Crippen LogP contribution in [0.5, 0.6) is 17.2 Å². The smallest absolute Gasteiger partial charge is 0.203 e. The Morgan fingerprint density at radius 3 is 2.15 bits per heavy atom. The fourth-order valence-electron chi connectivity index (χ4n) is 2.35. The van der Waals surface area contributed by atoms with Gasteiger partial charge in [0.2, 0.25) is 5.75 Å². The van der Waals surface area contributed by atoms with Crippen LogP contribution in [-0.4, -0.2) is 34.4 Å². The average Bonchev–Trinajstić information content (AvgIpc) is 2.45. The molecule has 0 unspecified atom stereocenters. The van der Waals surface area contributed by atoms with Crippen LogP contribution in [0.1, 0.15) is 32.8 Å². The molecule has 20 heavy (non-hydrogen) atoms. The lowest BCUT2D eigenvalue weighted by Gasteiger charge is -2.28. The van der Waals surface area contributed by atoms with Crippen LogP contribution in [-0.2, 0) is 5.41 Å². The zero-order valence-electron chi connectivity index (χ0n) is 13.5. The standard InChI is InChI=1S/C16H27NO3/c1-7-17-11-10-16(2,3)12-8-9-13(18-4)15(20-6)14(12)19-5/h8-9,17H,7,10-11H2,1-6H3. The zero-order valence-corrected chi connectivity index (χ0v) is 13.5. The molecule has 4 nitrogen and oxygen atoms in total. The molecule has 0 aliphatic rings. The molecule has 114 valence electrons. The maximum atomic E-state index is 5.58. The summed E-state index contributed by atoms with van der Waals surface area (Å²) < 4.78 is 16.4. The summed E-state index contributed by atoms with van der Waals surface area (Å²) in [5.41, 5.74) is 1.13. The first kappa shape index (κ1) is 16.6. The molecule has 0 atom stereocenters. The first-order chi connectivity index (χ1) is 9.51. The molecule has 0 fully saturated rings. The second-order valence-corrected chi connectivity index (χ2v) is 5.37. The van der Waals surface area contributed by atoms with Gasteiger partial charge in [-0.2, -0.15) is 0 Å². The fraction of sp³-hybridized carbons (Fsp3) is 0.625. The fourth-order valence-corrected chi connectivity index (χ4v) is 2.35. The van der Waals surface area contributed by atoms with E-state index < -0.39 is 0 Å². The second kappa shape index (κ2) is 7.39. The molecule has 0 bridgehead atoms. The molecular weight excluding hydrogens is 254 g/mol. The third-order valence-electron chi connectivity index (χ3n) is 3.61. The van der Waals surface area contributed by atoms with Gasteiger partial charge in [-0.1, -0.05) is 26.8 Å². The highest BCUT2D eigenvalue weighted by Gasteiger charge is 2.27. The van der Waals surface area contributed by atoms with Crippen molar-refractivity contribution in [1.29, 1.82) is 0 Å². The van der Waals surface area contributed by atoms with Crippen LogP contribution in [0.3, 0.4) is 0 Å². The van der Waals surface area contributed by atoms with Crippen LogP contribution >= 0.6 is 0 Å². The molecule has 0 radical (unpaired) electrons. The molecule has 0 spiro atoms. The Labute approximate surface area is 122 Å². The van der Waals surface area contributed by atoms with Crippen molar-refractivity contribution in [2.75, 3.05) is 34.4 Å². The third-order valence-corrected chi connectivity index (χ3v) is 3.61. The monoisotopic (exact) mass is 281 g/mol. The van der Waals surface area contributed by atoms with Crippen molar-refractivity contribution >= 4 is 0 Å². The van der Waals surface area contributed by atoms with Crippen molar-refractivity contribution in [3.8, 4) is 17.2 Å². The Hall–Kier alpha value is -1.42. The van der Waals surface area contributed by atoms with E-state index >= 15 is 0 Å². The minimum Gasteiger partial charge on any atom is -0.493 e. The molecule has 0 aliphatic heterocycles. The Morgan fingerprint density at radius 2 is 1.65 bits per heavy atom. The van der Waals surface area contributed by atoms with Crippen LogP contribution < -0.4 is 19.5 Å². The minimum atomic E-state index is -0.00688. The SMILES string of the molecule is CCNCCC(C)(C)c1ccc(OC)c(OC)c1OC. The molecule has 1 aromatic carbocycles. The van der Waals surface area contributed by atoms with E-state index in [1.165, 1.54) is 0 Å². The van der Waals surface area contributed by atoms with E-state index in [1.807, 2.05) is 6.07 Å². The highest BCUT2D eigenvalue weighted by molar-refractivity contribution is 5.57. The van der Waals surface area contributed by atoms with Gasteiger partial charge in [0.05, 0.1) is 21.3 Å². The lowest BCUT2D eigenvalue weighted by Crippen LogP contribution is -2.26. The number of nitrogens with one attached hydrogen (secondary N) is 1. The van der Waals surface area contributed by atoms with Crippen molar-refractivity contribution in [1.82, 2.24) is 5.32 Å². The Balaban J connectivity index is 3.16. The van der Waals surface area contributed by atoms with Gasteiger partial charge in [0.15, 0.2) is 11.5 Å². The summed E-state index contributed by atoms with van der Waals surface area (Å²) in [4.78, 5) is 0. The highest BCUT2D eigenvalue weighted by Crippen LogP contribution is 2.45. The summed E-state index contributed by atoms with van der Waals surface area (Å²) >= 11 is 0. The molecule has 1 N–H and O–H groups in total. The van der Waals surface area contributed by atoms with Gasteiger partial charge in [-0.25, -0.2) is 0 Å². The summed E-state index contributed by atoms with van der Waals surface area (Å²) in [7, 11) is 4.93. The summed E-state index contributed by atoms with van der Waals surface area (Å²) in [6, 6.07) is 4.00. The van der Waals surface area contributed by atoms with Crippen molar-refractivity contribution in [2.45, 2.75) is 32.6 Å². The van der Waals surface area contributed by atoms with Gasteiger partial charge in [-0.15, -0.1) is 0 Å². The molecule has 0 aliphatic carbocycles. The number of benzene rings is 1. The summed E-state index contributed by atoms with van der Waals surface area (Å²) in [5.74, 6) is 2.10. The predicted octanol–water partition coefficient (Wildman–Crippen LogP) is 2.99. The first-order valence-electron chi connectivity index (χ1n) is 7.02. The molecule has 0 aromatic heterocycles. The van der Waals surface area contributed by atoms with Gasteiger partial charge in [-0.3, -0.25) is 0 Å². The first-order valence-corrected chi connectivity index (χ1v) is 7.02. The predicted molar refractivity (Wildman–Crippen MR) is 82.3 cm³/mol. The van der Waals surface area contributed by atoms with Crippen molar-refractivity contribution < 1.29 is 14.2 Å². The minimum absolute atomic E-state index is 0.00688. The zero-order chi connectivity index (χ0) is 15.2.